The van der Waals surface area contributed by atoms with Gasteiger partial charge in [-0.15, -0.1) is 0 Å². The Hall–Kier alpha value is -2.33. The van der Waals surface area contributed by atoms with Gasteiger partial charge in [0.25, 0.3) is 5.56 Å². The topological polar surface area (TPSA) is 96.1 Å². The Kier molecular flexibility index (Phi) is 9.70. The number of carbonyl (C=O) groups excluding carboxylic acids is 1. The van der Waals surface area contributed by atoms with E-state index in [2.05, 4.69) is 9.97 Å². The van der Waals surface area contributed by atoms with Crippen LogP contribution in [0.25, 0.3) is 22.6 Å². The number of carbonyl (C=O) groups is 1. The second-order valence-electron chi connectivity index (χ2n) is 9.83. The number of benzene rings is 1. The smallest absolute Gasteiger partial charge is 0.352 e. The summed E-state index contributed by atoms with van der Waals surface area (Å²) in [6, 6.07) is 4.03. The van der Waals surface area contributed by atoms with Gasteiger partial charge in [0.15, 0.2) is 11.5 Å². The van der Waals surface area contributed by atoms with Crippen molar-refractivity contribution in [2.75, 3.05) is 12.4 Å². The van der Waals surface area contributed by atoms with E-state index in [0.717, 1.165) is 70.5 Å². The first-order valence-corrected chi connectivity index (χ1v) is 15.6. The van der Waals surface area contributed by atoms with Crippen LogP contribution >= 0.6 is 21.6 Å². The summed E-state index contributed by atoms with van der Waals surface area (Å²) in [7, 11) is 5.38. The molecule has 1 aromatic carbocycles. The minimum atomic E-state index is -0.575. The SMILES string of the molecule is Cc1cc2nc3c(=O)n(C)c(=O)nc-3n(CCCCCCOC(=O)CCCCC3CCSS3)c2cc1C. The Morgan fingerprint density at radius 2 is 1.84 bits per heavy atom. The molecule has 8 nitrogen and oxygen atoms in total. The zero-order valence-electron chi connectivity index (χ0n) is 22.0. The Labute approximate surface area is 225 Å². The molecular weight excluding hydrogens is 508 g/mol. The van der Waals surface area contributed by atoms with Crippen molar-refractivity contribution in [3.05, 3.63) is 44.1 Å². The van der Waals surface area contributed by atoms with Gasteiger partial charge in [-0.3, -0.25) is 14.2 Å². The molecule has 3 aliphatic rings. The lowest BCUT2D eigenvalue weighted by atomic mass is 10.1. The van der Waals surface area contributed by atoms with Crippen molar-refractivity contribution >= 4 is 38.6 Å². The summed E-state index contributed by atoms with van der Waals surface area (Å²) >= 11 is 0. The highest BCUT2D eigenvalue weighted by Crippen LogP contribution is 2.39. The molecule has 1 unspecified atom stereocenters. The highest BCUT2D eigenvalue weighted by Gasteiger charge is 2.21. The van der Waals surface area contributed by atoms with Crippen LogP contribution in [0.3, 0.4) is 0 Å². The standard InChI is InChI=1S/C27H36N4O4S2/c1-18-16-21-22(17-19(18)2)31(25-24(28-21)26(33)30(3)27(34)29-25)13-8-4-5-9-14-35-23(32)11-7-6-10-20-12-15-36-37-20/h16-17,20H,4-15H2,1-3H3. The fourth-order valence-corrected chi connectivity index (χ4v) is 7.62. The summed E-state index contributed by atoms with van der Waals surface area (Å²) in [5, 5.41) is 0.763. The van der Waals surface area contributed by atoms with E-state index in [1.807, 2.05) is 52.1 Å². The van der Waals surface area contributed by atoms with Crippen LogP contribution in [0.5, 0.6) is 0 Å². The van der Waals surface area contributed by atoms with Crippen LogP contribution in [0.1, 0.15) is 68.9 Å². The van der Waals surface area contributed by atoms with Gasteiger partial charge in [-0.05, 0) is 75.6 Å². The minimum absolute atomic E-state index is 0.0922. The third-order valence-electron chi connectivity index (χ3n) is 7.00. The molecule has 0 aromatic heterocycles. The molecule has 37 heavy (non-hydrogen) atoms. The van der Waals surface area contributed by atoms with Crippen LogP contribution in [-0.2, 0) is 23.1 Å². The zero-order chi connectivity index (χ0) is 26.4. The number of hydrogen-bond acceptors (Lipinski definition) is 8. The lowest BCUT2D eigenvalue weighted by Crippen LogP contribution is -2.36. The number of esters is 1. The third kappa shape index (κ3) is 6.96. The molecule has 3 aliphatic heterocycles. The maximum Gasteiger partial charge on any atom is 0.352 e. The third-order valence-corrected chi connectivity index (χ3v) is 10.0. The molecule has 0 radical (unpaired) electrons. The monoisotopic (exact) mass is 544 g/mol. The molecule has 0 aliphatic carbocycles. The Morgan fingerprint density at radius 1 is 1.05 bits per heavy atom. The van der Waals surface area contributed by atoms with Crippen molar-refractivity contribution < 1.29 is 9.53 Å². The molecule has 10 heteroatoms. The second kappa shape index (κ2) is 13.0. The second-order valence-corrected chi connectivity index (χ2v) is 12.6. The van der Waals surface area contributed by atoms with Crippen LogP contribution in [0.15, 0.2) is 21.7 Å². The molecular formula is C27H36N4O4S2. The van der Waals surface area contributed by atoms with Crippen molar-refractivity contribution in [2.24, 2.45) is 7.05 Å². The van der Waals surface area contributed by atoms with E-state index in [1.165, 1.54) is 25.6 Å². The summed E-state index contributed by atoms with van der Waals surface area (Å²) in [5.74, 6) is 1.50. The first-order valence-electron chi connectivity index (χ1n) is 13.2. The molecule has 3 heterocycles. The van der Waals surface area contributed by atoms with Crippen molar-refractivity contribution in [1.82, 2.24) is 19.1 Å². The van der Waals surface area contributed by atoms with E-state index < -0.39 is 11.2 Å². The Morgan fingerprint density at radius 3 is 2.62 bits per heavy atom. The van der Waals surface area contributed by atoms with Gasteiger partial charge >= 0.3 is 11.7 Å². The Balaban J connectivity index is 1.27. The number of nitrogens with zero attached hydrogens (tertiary/aromatic N) is 4. The van der Waals surface area contributed by atoms with Gasteiger partial charge < -0.3 is 9.30 Å². The van der Waals surface area contributed by atoms with Crippen molar-refractivity contribution in [1.29, 1.82) is 0 Å². The predicted molar refractivity (Wildman–Crippen MR) is 151 cm³/mol. The predicted octanol–water partition coefficient (Wildman–Crippen LogP) is 5.03. The van der Waals surface area contributed by atoms with E-state index in [1.54, 1.807) is 0 Å². The van der Waals surface area contributed by atoms with E-state index >= 15 is 0 Å². The number of aryl methyl sites for hydroxylation is 3. The van der Waals surface area contributed by atoms with Crippen LogP contribution in [0, 0.1) is 13.8 Å². The van der Waals surface area contributed by atoms with E-state index in [9.17, 15) is 14.4 Å². The first kappa shape index (κ1) is 27.7. The van der Waals surface area contributed by atoms with E-state index in [0.29, 0.717) is 25.4 Å². The van der Waals surface area contributed by atoms with Gasteiger partial charge in [0.2, 0.25) is 0 Å². The lowest BCUT2D eigenvalue weighted by molar-refractivity contribution is -0.143. The van der Waals surface area contributed by atoms with Crippen LogP contribution in [0.2, 0.25) is 0 Å². The number of fused-ring (bicyclic) bond motifs is 2. The molecule has 0 N–H and O–H groups in total. The largest absolute Gasteiger partial charge is 0.466 e. The average Bonchev–Trinajstić information content (AvgIpc) is 3.39. The van der Waals surface area contributed by atoms with Crippen molar-refractivity contribution in [3.8, 4) is 11.5 Å². The number of aromatic nitrogens is 4. The van der Waals surface area contributed by atoms with Crippen LogP contribution in [0.4, 0.5) is 0 Å². The average molecular weight is 545 g/mol. The van der Waals surface area contributed by atoms with Gasteiger partial charge in [-0.2, -0.15) is 4.98 Å². The summed E-state index contributed by atoms with van der Waals surface area (Å²) in [6.45, 7) is 5.13. The summed E-state index contributed by atoms with van der Waals surface area (Å²) in [4.78, 5) is 45.8. The molecule has 0 amide bonds. The quantitative estimate of drug-likeness (QED) is 0.136. The summed E-state index contributed by atoms with van der Waals surface area (Å²) in [5.41, 5.74) is 3.02. The fraction of sp³-hybridized carbons (Fsp3) is 0.593. The van der Waals surface area contributed by atoms with Gasteiger partial charge in [0.1, 0.15) is 0 Å². The highest BCUT2D eigenvalue weighted by atomic mass is 33.1. The molecule has 0 bridgehead atoms. The number of rotatable bonds is 12. The van der Waals surface area contributed by atoms with Gasteiger partial charge in [0, 0.05) is 31.0 Å². The first-order chi connectivity index (χ1) is 17.8. The maximum absolute atomic E-state index is 12.7. The lowest BCUT2D eigenvalue weighted by Gasteiger charge is -2.18. The van der Waals surface area contributed by atoms with Gasteiger partial charge in [-0.1, -0.05) is 34.4 Å². The molecule has 1 saturated heterocycles. The molecule has 1 fully saturated rings. The van der Waals surface area contributed by atoms with E-state index in [4.69, 9.17) is 4.74 Å². The molecule has 1 atom stereocenters. The zero-order valence-corrected chi connectivity index (χ0v) is 23.6. The van der Waals surface area contributed by atoms with Crippen molar-refractivity contribution in [2.45, 2.75) is 83.4 Å². The molecule has 0 spiro atoms. The molecule has 0 saturated carbocycles. The fourth-order valence-electron chi connectivity index (χ4n) is 4.59. The number of hydrogen-bond donors (Lipinski definition) is 0. The van der Waals surface area contributed by atoms with Crippen LogP contribution in [-0.4, -0.2) is 42.7 Å². The van der Waals surface area contributed by atoms with Crippen molar-refractivity contribution in [3.63, 3.8) is 0 Å². The highest BCUT2D eigenvalue weighted by molar-refractivity contribution is 8.77. The van der Waals surface area contributed by atoms with Crippen LogP contribution < -0.4 is 11.2 Å². The Bertz CT molecular complexity index is 1330. The molecule has 200 valence electrons. The minimum Gasteiger partial charge on any atom is -0.466 e. The summed E-state index contributed by atoms with van der Waals surface area (Å²) < 4.78 is 8.37. The maximum atomic E-state index is 12.7. The van der Waals surface area contributed by atoms with Gasteiger partial charge in [-0.25, -0.2) is 9.78 Å². The van der Waals surface area contributed by atoms with E-state index in [-0.39, 0.29) is 11.7 Å². The summed E-state index contributed by atoms with van der Waals surface area (Å²) in [6.07, 6.45) is 8.55. The van der Waals surface area contributed by atoms with Gasteiger partial charge in [0.05, 0.1) is 17.6 Å². The molecule has 4 rings (SSSR count). The number of ether oxygens (including phenoxy) is 1. The number of unbranched alkanes of at least 4 members (excludes halogenated alkanes) is 4. The molecule has 1 aromatic rings. The normalized spacial score (nSPS) is 15.6.